The van der Waals surface area contributed by atoms with E-state index in [1.807, 2.05) is 0 Å². The molecule has 1 aromatic rings. The number of alkyl halides is 3. The third kappa shape index (κ3) is 5.58. The van der Waals surface area contributed by atoms with Crippen molar-refractivity contribution in [3.63, 3.8) is 0 Å². The van der Waals surface area contributed by atoms with Crippen LogP contribution in [-0.2, 0) is 14.3 Å². The number of carboxylic acids is 1. The van der Waals surface area contributed by atoms with E-state index in [9.17, 15) is 18.0 Å². The molecular formula is C16H17ClF3NO5. The van der Waals surface area contributed by atoms with Gasteiger partial charge in [-0.3, -0.25) is 0 Å². The lowest BCUT2D eigenvalue weighted by Gasteiger charge is -2.41. The number of carbonyl (C=O) groups excluding carboxylic acids is 1. The quantitative estimate of drug-likeness (QED) is 0.748. The molecule has 2 heterocycles. The molecule has 2 aliphatic rings. The Hall–Kier alpha value is -1.84. The van der Waals surface area contributed by atoms with E-state index in [0.717, 1.165) is 13.1 Å². The van der Waals surface area contributed by atoms with E-state index in [-0.39, 0.29) is 23.9 Å². The van der Waals surface area contributed by atoms with Gasteiger partial charge in [0, 0.05) is 29.9 Å². The predicted octanol–water partition coefficient (Wildman–Crippen LogP) is 2.36. The van der Waals surface area contributed by atoms with Crippen molar-refractivity contribution in [3.8, 4) is 0 Å². The van der Waals surface area contributed by atoms with Gasteiger partial charge in [0.25, 0.3) is 0 Å². The van der Waals surface area contributed by atoms with E-state index in [4.69, 9.17) is 31.0 Å². The average molecular weight is 396 g/mol. The average Bonchev–Trinajstić information content (AvgIpc) is 2.55. The standard InChI is InChI=1S/C14H16ClNO3.C2HF3O2/c15-12-3-1-9(2-4-12)14(17)19-13-10-5-16-6-11(13)8-18-7-10;3-2(4,5)1(6)7/h1-4,10-11,13,16H,5-8H2;(H,6,7). The molecule has 10 heteroatoms. The van der Waals surface area contributed by atoms with Crippen molar-refractivity contribution < 1.29 is 37.3 Å². The van der Waals surface area contributed by atoms with Gasteiger partial charge in [0.15, 0.2) is 0 Å². The number of carboxylic acid groups (broad SMARTS) is 1. The van der Waals surface area contributed by atoms with Crippen LogP contribution in [0.5, 0.6) is 0 Å². The monoisotopic (exact) mass is 395 g/mol. The lowest BCUT2D eigenvalue weighted by Crippen LogP contribution is -2.55. The van der Waals surface area contributed by atoms with Crippen molar-refractivity contribution in [3.05, 3.63) is 34.9 Å². The summed E-state index contributed by atoms with van der Waals surface area (Å²) in [6.07, 6.45) is -5.13. The zero-order valence-electron chi connectivity index (χ0n) is 13.5. The fourth-order valence-corrected chi connectivity index (χ4v) is 2.85. The summed E-state index contributed by atoms with van der Waals surface area (Å²) < 4.78 is 42.9. The van der Waals surface area contributed by atoms with E-state index < -0.39 is 12.1 Å². The van der Waals surface area contributed by atoms with Gasteiger partial charge in [0.1, 0.15) is 6.10 Å². The largest absolute Gasteiger partial charge is 0.490 e. The summed E-state index contributed by atoms with van der Waals surface area (Å²) in [5.74, 6) is -2.53. The van der Waals surface area contributed by atoms with Crippen LogP contribution in [0, 0.1) is 11.8 Å². The van der Waals surface area contributed by atoms with Crippen LogP contribution in [0.15, 0.2) is 24.3 Å². The zero-order chi connectivity index (χ0) is 19.3. The van der Waals surface area contributed by atoms with Crippen molar-refractivity contribution in [1.82, 2.24) is 5.32 Å². The molecule has 2 fully saturated rings. The molecule has 0 radical (unpaired) electrons. The summed E-state index contributed by atoms with van der Waals surface area (Å²) in [6.45, 7) is 2.99. The first-order valence-electron chi connectivity index (χ1n) is 7.73. The molecule has 3 rings (SSSR count). The van der Waals surface area contributed by atoms with Crippen molar-refractivity contribution in [2.45, 2.75) is 12.3 Å². The summed E-state index contributed by atoms with van der Waals surface area (Å²) in [4.78, 5) is 21.0. The topological polar surface area (TPSA) is 84.9 Å². The van der Waals surface area contributed by atoms with Crippen LogP contribution in [-0.4, -0.2) is 55.6 Å². The number of halogens is 4. The minimum absolute atomic E-state index is 0.0434. The number of hydrogen-bond acceptors (Lipinski definition) is 5. The number of carbonyl (C=O) groups is 2. The number of benzene rings is 1. The molecule has 2 unspecified atom stereocenters. The maximum absolute atomic E-state index is 12.1. The second-order valence-electron chi connectivity index (χ2n) is 5.90. The summed E-state index contributed by atoms with van der Waals surface area (Å²) in [6, 6.07) is 6.78. The van der Waals surface area contributed by atoms with Crippen LogP contribution < -0.4 is 5.32 Å². The third-order valence-electron chi connectivity index (χ3n) is 3.97. The molecular weight excluding hydrogens is 379 g/mol. The van der Waals surface area contributed by atoms with Crippen LogP contribution in [0.3, 0.4) is 0 Å². The minimum atomic E-state index is -5.08. The highest BCUT2D eigenvalue weighted by Gasteiger charge is 2.40. The molecule has 2 saturated heterocycles. The molecule has 0 amide bonds. The smallest absolute Gasteiger partial charge is 0.475 e. The molecule has 0 saturated carbocycles. The molecule has 144 valence electrons. The first-order valence-corrected chi connectivity index (χ1v) is 8.11. The molecule has 2 aliphatic heterocycles. The maximum atomic E-state index is 12.1. The number of ether oxygens (including phenoxy) is 2. The van der Waals surface area contributed by atoms with Gasteiger partial charge in [-0.2, -0.15) is 13.2 Å². The Bertz CT molecular complexity index is 616. The number of rotatable bonds is 2. The first kappa shape index (κ1) is 20.5. The number of piperidine rings is 1. The lowest BCUT2D eigenvalue weighted by molar-refractivity contribution is -0.192. The summed E-state index contributed by atoms with van der Waals surface area (Å²) in [5.41, 5.74) is 0.543. The molecule has 0 aromatic heterocycles. The summed E-state index contributed by atoms with van der Waals surface area (Å²) in [7, 11) is 0. The Morgan fingerprint density at radius 3 is 2.12 bits per heavy atom. The van der Waals surface area contributed by atoms with Gasteiger partial charge < -0.3 is 19.9 Å². The van der Waals surface area contributed by atoms with E-state index >= 15 is 0 Å². The van der Waals surface area contributed by atoms with Crippen molar-refractivity contribution in [1.29, 1.82) is 0 Å². The van der Waals surface area contributed by atoms with Crippen molar-refractivity contribution in [2.24, 2.45) is 11.8 Å². The first-order chi connectivity index (χ1) is 12.2. The molecule has 6 nitrogen and oxygen atoms in total. The fourth-order valence-electron chi connectivity index (χ4n) is 2.72. The number of nitrogens with one attached hydrogen (secondary N) is 1. The van der Waals surface area contributed by atoms with Gasteiger partial charge in [-0.25, -0.2) is 9.59 Å². The van der Waals surface area contributed by atoms with Gasteiger partial charge >= 0.3 is 18.1 Å². The molecule has 0 aliphatic carbocycles. The van der Waals surface area contributed by atoms with E-state index in [2.05, 4.69) is 5.32 Å². The Morgan fingerprint density at radius 2 is 1.65 bits per heavy atom. The Morgan fingerprint density at radius 1 is 1.15 bits per heavy atom. The SMILES string of the molecule is O=C(O)C(F)(F)F.O=C(OC1C2CNCC1COC2)c1ccc(Cl)cc1. The lowest BCUT2D eigenvalue weighted by atomic mass is 9.86. The van der Waals surface area contributed by atoms with Crippen LogP contribution in [0.2, 0.25) is 5.02 Å². The van der Waals surface area contributed by atoms with Crippen molar-refractivity contribution in [2.75, 3.05) is 26.3 Å². The number of esters is 1. The normalized spacial score (nSPS) is 24.8. The van der Waals surface area contributed by atoms with Gasteiger partial charge in [-0.1, -0.05) is 11.6 Å². The second kappa shape index (κ2) is 8.70. The molecule has 26 heavy (non-hydrogen) atoms. The van der Waals surface area contributed by atoms with Crippen LogP contribution in [0.4, 0.5) is 13.2 Å². The zero-order valence-corrected chi connectivity index (χ0v) is 14.2. The molecule has 2 N–H and O–H groups in total. The van der Waals surface area contributed by atoms with Crippen LogP contribution in [0.1, 0.15) is 10.4 Å². The molecule has 2 bridgehead atoms. The number of hydrogen-bond donors (Lipinski definition) is 2. The van der Waals surface area contributed by atoms with E-state index in [0.29, 0.717) is 23.8 Å². The second-order valence-corrected chi connectivity index (χ2v) is 6.33. The Balaban J connectivity index is 0.000000298. The fraction of sp³-hybridized carbons (Fsp3) is 0.500. The van der Waals surface area contributed by atoms with E-state index in [1.54, 1.807) is 24.3 Å². The van der Waals surface area contributed by atoms with Gasteiger partial charge in [0.2, 0.25) is 0 Å². The highest BCUT2D eigenvalue weighted by atomic mass is 35.5. The van der Waals surface area contributed by atoms with Gasteiger partial charge in [0.05, 0.1) is 18.8 Å². The number of aliphatic carboxylic acids is 1. The molecule has 2 atom stereocenters. The highest BCUT2D eigenvalue weighted by molar-refractivity contribution is 6.30. The van der Waals surface area contributed by atoms with Crippen LogP contribution in [0.25, 0.3) is 0 Å². The Kier molecular flexibility index (Phi) is 6.85. The van der Waals surface area contributed by atoms with Gasteiger partial charge in [-0.05, 0) is 24.3 Å². The minimum Gasteiger partial charge on any atom is -0.475 e. The number of fused-ring (bicyclic) bond motifs is 2. The van der Waals surface area contributed by atoms with Crippen LogP contribution >= 0.6 is 11.6 Å². The third-order valence-corrected chi connectivity index (χ3v) is 4.22. The van der Waals surface area contributed by atoms with E-state index in [1.165, 1.54) is 0 Å². The molecule has 0 spiro atoms. The predicted molar refractivity (Wildman–Crippen MR) is 85.0 cm³/mol. The van der Waals surface area contributed by atoms with Crippen molar-refractivity contribution >= 4 is 23.5 Å². The molecule has 1 aromatic carbocycles. The maximum Gasteiger partial charge on any atom is 0.490 e. The summed E-state index contributed by atoms with van der Waals surface area (Å²) >= 11 is 5.81. The summed E-state index contributed by atoms with van der Waals surface area (Å²) in [5, 5.41) is 11.1. The van der Waals surface area contributed by atoms with Gasteiger partial charge in [-0.15, -0.1) is 0 Å². The highest BCUT2D eigenvalue weighted by Crippen LogP contribution is 2.27. The Labute approximate surface area is 152 Å².